The van der Waals surface area contributed by atoms with Crippen LogP contribution in [-0.4, -0.2) is 48.9 Å². The SMILES string of the molecule is CCCCOc1ccc(S2(OS(=O)(=O)C(F)(F)C(F)(F)C3CC4CC3C3C5CC(CC5O)C43)CCCC2)c2ccccc12. The second kappa shape index (κ2) is 10.5. The van der Waals surface area contributed by atoms with Gasteiger partial charge in [0.25, 0.3) is 0 Å². The van der Waals surface area contributed by atoms with Gasteiger partial charge in [0.15, 0.2) is 0 Å². The summed E-state index contributed by atoms with van der Waals surface area (Å²) in [6.45, 7) is 2.54. The number of unbranched alkanes of at least 4 members (excludes halogenated alkanes) is 1. The predicted octanol–water partition coefficient (Wildman–Crippen LogP) is 7.75. The first-order valence-corrected chi connectivity index (χ1v) is 19.0. The molecule has 0 amide bonds. The van der Waals surface area contributed by atoms with Crippen LogP contribution in [0, 0.1) is 41.4 Å². The Hall–Kier alpha value is -1.56. The zero-order valence-corrected chi connectivity index (χ0v) is 25.9. The fourth-order valence-electron chi connectivity index (χ4n) is 9.70. The van der Waals surface area contributed by atoms with E-state index in [1.54, 1.807) is 24.3 Å². The van der Waals surface area contributed by atoms with Crippen LogP contribution < -0.4 is 4.74 Å². The smallest absolute Gasteiger partial charge is 0.432 e. The van der Waals surface area contributed by atoms with Crippen molar-refractivity contribution in [3.8, 4) is 5.75 Å². The van der Waals surface area contributed by atoms with Crippen LogP contribution in [-0.2, 0) is 13.7 Å². The fraction of sp³-hybridized carbons (Fsp3) is 0.688. The molecule has 1 heterocycles. The minimum Gasteiger partial charge on any atom is -0.493 e. The zero-order chi connectivity index (χ0) is 30.4. The number of halogens is 4. The van der Waals surface area contributed by atoms with Gasteiger partial charge in [-0.25, -0.2) is 3.63 Å². The molecule has 0 aromatic heterocycles. The van der Waals surface area contributed by atoms with Crippen LogP contribution in [0.15, 0.2) is 41.3 Å². The molecule has 4 aliphatic carbocycles. The van der Waals surface area contributed by atoms with Gasteiger partial charge in [0.05, 0.1) is 12.7 Å². The molecule has 1 saturated heterocycles. The summed E-state index contributed by atoms with van der Waals surface area (Å²) in [5.41, 5.74) is 0. The van der Waals surface area contributed by atoms with Crippen molar-refractivity contribution in [2.45, 2.75) is 80.5 Å². The Balaban J connectivity index is 1.20. The van der Waals surface area contributed by atoms with Crippen LogP contribution in [0.1, 0.15) is 58.3 Å². The molecule has 1 N–H and O–H groups in total. The molecule has 7 rings (SSSR count). The van der Waals surface area contributed by atoms with Gasteiger partial charge in [-0.05, 0) is 98.0 Å². The van der Waals surface area contributed by atoms with Crippen LogP contribution in [0.2, 0.25) is 0 Å². The molecule has 4 saturated carbocycles. The van der Waals surface area contributed by atoms with Gasteiger partial charge in [-0.3, -0.25) is 0 Å². The normalized spacial score (nSPS) is 35.5. The highest BCUT2D eigenvalue weighted by atomic mass is 32.3. The third-order valence-electron chi connectivity index (χ3n) is 11.4. The maximum Gasteiger partial charge on any atom is 0.432 e. The summed E-state index contributed by atoms with van der Waals surface area (Å²) in [7, 11) is -8.89. The highest BCUT2D eigenvalue weighted by Gasteiger charge is 2.76. The van der Waals surface area contributed by atoms with Gasteiger partial charge in [-0.2, -0.15) is 26.0 Å². The van der Waals surface area contributed by atoms with Gasteiger partial charge in [0, 0.05) is 27.7 Å². The first-order chi connectivity index (χ1) is 20.4. The van der Waals surface area contributed by atoms with Crippen LogP contribution >= 0.6 is 10.3 Å². The van der Waals surface area contributed by atoms with Crippen molar-refractivity contribution >= 4 is 31.2 Å². The topological polar surface area (TPSA) is 72.8 Å². The first-order valence-electron chi connectivity index (χ1n) is 15.7. The van der Waals surface area contributed by atoms with Gasteiger partial charge in [-0.15, -0.1) is 0 Å². The minimum atomic E-state index is -6.03. The van der Waals surface area contributed by atoms with E-state index in [1.165, 1.54) is 0 Å². The van der Waals surface area contributed by atoms with Crippen LogP contribution in [0.4, 0.5) is 17.6 Å². The minimum absolute atomic E-state index is 0.106. The number of benzene rings is 2. The number of aliphatic hydroxyl groups is 1. The lowest BCUT2D eigenvalue weighted by Crippen LogP contribution is -2.55. The molecule has 2 aromatic carbocycles. The Morgan fingerprint density at radius 3 is 2.30 bits per heavy atom. The van der Waals surface area contributed by atoms with Crippen LogP contribution in [0.5, 0.6) is 5.75 Å². The summed E-state index contributed by atoms with van der Waals surface area (Å²) in [4.78, 5) is 0.477. The van der Waals surface area contributed by atoms with E-state index in [4.69, 9.17) is 8.37 Å². The number of aliphatic hydroxyl groups excluding tert-OH is 1. The van der Waals surface area contributed by atoms with Crippen molar-refractivity contribution in [3.05, 3.63) is 36.4 Å². The summed E-state index contributed by atoms with van der Waals surface area (Å²) in [5, 5.41) is 6.41. The van der Waals surface area contributed by atoms with E-state index in [0.717, 1.165) is 19.3 Å². The quantitative estimate of drug-likeness (QED) is 0.163. The summed E-state index contributed by atoms with van der Waals surface area (Å²) in [5.74, 6) is -6.34. The lowest BCUT2D eigenvalue weighted by molar-refractivity contribution is -0.210. The molecule has 4 bridgehead atoms. The summed E-state index contributed by atoms with van der Waals surface area (Å²) < 4.78 is 102. The zero-order valence-electron chi connectivity index (χ0n) is 24.3. The number of hydrogen-bond acceptors (Lipinski definition) is 5. The molecule has 1 aliphatic heterocycles. The second-order valence-corrected chi connectivity index (χ2v) is 18.4. The first kappa shape index (κ1) is 30.1. The molecule has 5 nitrogen and oxygen atoms in total. The van der Waals surface area contributed by atoms with E-state index in [0.29, 0.717) is 53.7 Å². The Labute approximate surface area is 252 Å². The van der Waals surface area contributed by atoms with Gasteiger partial charge in [0.2, 0.25) is 0 Å². The molecule has 0 spiro atoms. The molecular weight excluding hydrogens is 604 g/mol. The second-order valence-electron chi connectivity index (χ2n) is 13.5. The molecule has 11 heteroatoms. The monoisotopic (exact) mass is 644 g/mol. The van der Waals surface area contributed by atoms with Gasteiger partial charge >= 0.3 is 21.3 Å². The van der Waals surface area contributed by atoms with E-state index in [2.05, 4.69) is 0 Å². The number of hydrogen-bond donors (Lipinski definition) is 1. The summed E-state index contributed by atoms with van der Waals surface area (Å²) in [6, 6.07) is 10.6. The lowest BCUT2D eigenvalue weighted by atomic mass is 9.65. The molecule has 8 unspecified atom stereocenters. The van der Waals surface area contributed by atoms with E-state index >= 15 is 17.6 Å². The van der Waals surface area contributed by atoms with Gasteiger partial charge in [0.1, 0.15) is 5.75 Å². The number of rotatable bonds is 10. The predicted molar refractivity (Wildman–Crippen MR) is 158 cm³/mol. The highest BCUT2D eigenvalue weighted by molar-refractivity contribution is 8.33. The van der Waals surface area contributed by atoms with Gasteiger partial charge < -0.3 is 9.84 Å². The molecule has 238 valence electrons. The molecule has 8 atom stereocenters. The van der Waals surface area contributed by atoms with E-state index in [1.807, 2.05) is 19.1 Å². The number of fused-ring (bicyclic) bond motifs is 10. The van der Waals surface area contributed by atoms with Crippen molar-refractivity contribution in [2.75, 3.05) is 18.1 Å². The number of alkyl halides is 4. The van der Waals surface area contributed by atoms with Crippen molar-refractivity contribution in [1.82, 2.24) is 0 Å². The third kappa shape index (κ3) is 4.41. The summed E-state index contributed by atoms with van der Waals surface area (Å²) in [6.07, 6.45) is 4.01. The number of ether oxygens (including phenoxy) is 1. The average molecular weight is 645 g/mol. The largest absolute Gasteiger partial charge is 0.493 e. The Morgan fingerprint density at radius 2 is 1.58 bits per heavy atom. The lowest BCUT2D eigenvalue weighted by Gasteiger charge is -2.44. The van der Waals surface area contributed by atoms with E-state index in [9.17, 15) is 13.5 Å². The fourth-order valence-corrected chi connectivity index (χ4v) is 15.6. The Morgan fingerprint density at radius 1 is 0.907 bits per heavy atom. The highest BCUT2D eigenvalue weighted by Crippen LogP contribution is 2.72. The standard InChI is InChI=1S/C32H40F4O5S2/c1-2-3-12-40-27-10-11-28(22-9-5-4-8-21(22)27)42(13-6-7-14-42)41-43(38,39)32(35,36)31(33,34)25-17-19-15-23(25)30-24-16-20(29(19)30)18-26(24)37/h4-5,8-11,19-20,23-26,29-30,37H,2-3,6-7,12-18H2,1H3. The Bertz CT molecular complexity index is 1490. The molecular formula is C32H40F4O5S2. The van der Waals surface area contributed by atoms with Crippen LogP contribution in [0.25, 0.3) is 10.8 Å². The molecule has 2 aromatic rings. The van der Waals surface area contributed by atoms with E-state index < -0.39 is 49.5 Å². The van der Waals surface area contributed by atoms with E-state index in [-0.39, 0.29) is 47.5 Å². The average Bonchev–Trinajstić information content (AvgIpc) is 3.79. The molecule has 43 heavy (non-hydrogen) atoms. The van der Waals surface area contributed by atoms with Crippen molar-refractivity contribution < 1.29 is 39.5 Å². The molecule has 0 radical (unpaired) electrons. The maximum absolute atomic E-state index is 16.0. The van der Waals surface area contributed by atoms with Gasteiger partial charge in [-0.1, -0.05) is 47.9 Å². The van der Waals surface area contributed by atoms with Crippen LogP contribution in [0.3, 0.4) is 0 Å². The molecule has 5 aliphatic rings. The van der Waals surface area contributed by atoms with Crippen molar-refractivity contribution in [2.24, 2.45) is 41.4 Å². The maximum atomic E-state index is 16.0. The van der Waals surface area contributed by atoms with Crippen molar-refractivity contribution in [1.29, 1.82) is 0 Å². The van der Waals surface area contributed by atoms with Crippen molar-refractivity contribution in [3.63, 3.8) is 0 Å². The summed E-state index contributed by atoms with van der Waals surface area (Å²) >= 11 is 0. The Kier molecular flexibility index (Phi) is 7.35. The third-order valence-corrected chi connectivity index (χ3v) is 17.1. The molecule has 5 fully saturated rings.